The third kappa shape index (κ3) is 2.88. The van der Waals surface area contributed by atoms with Gasteiger partial charge in [0, 0.05) is 12.1 Å². The van der Waals surface area contributed by atoms with E-state index in [4.69, 9.17) is 4.74 Å². The van der Waals surface area contributed by atoms with Crippen molar-refractivity contribution in [3.05, 3.63) is 24.0 Å². The molecule has 0 aliphatic carbocycles. The topological polar surface area (TPSA) is 49.8 Å². The third-order valence-corrected chi connectivity index (χ3v) is 1.55. The second-order valence-corrected chi connectivity index (χ2v) is 2.69. The Morgan fingerprint density at radius 2 is 2.33 bits per heavy atom. The summed E-state index contributed by atoms with van der Waals surface area (Å²) >= 11 is 0. The van der Waals surface area contributed by atoms with Crippen LogP contribution < -0.4 is 10.5 Å². The van der Waals surface area contributed by atoms with Crippen molar-refractivity contribution in [2.45, 2.75) is 13.3 Å². The molecule has 1 aromatic rings. The highest BCUT2D eigenvalue weighted by atomic mass is 16.5. The van der Waals surface area contributed by atoms with E-state index >= 15 is 0 Å². The molecule has 0 saturated heterocycles. The molecule has 3 heteroatoms. The Balaban J connectivity index is 2.37. The maximum absolute atomic E-state index is 5.40. The predicted molar refractivity (Wildman–Crippen MR) is 46.8 cm³/mol. The van der Waals surface area contributed by atoms with Gasteiger partial charge in [0.2, 0.25) is 0 Å². The van der Waals surface area contributed by atoms with E-state index in [0.717, 1.165) is 31.0 Å². The number of aromatic nitrogens is 1. The lowest BCUT2D eigenvalue weighted by Gasteiger charge is -2.03. The van der Waals surface area contributed by atoms with Crippen LogP contribution in [0.15, 0.2) is 18.3 Å². The van der Waals surface area contributed by atoms with Gasteiger partial charge >= 0.3 is 0 Å². The van der Waals surface area contributed by atoms with Crippen LogP contribution in [0.2, 0.25) is 0 Å². The fraction of sp³-hybridized carbons (Fsp3) is 0.444. The lowest BCUT2D eigenvalue weighted by molar-refractivity contribution is -0.368. The zero-order valence-electron chi connectivity index (χ0n) is 7.42. The number of rotatable bonds is 4. The zero-order valence-corrected chi connectivity index (χ0v) is 7.42. The molecule has 1 heterocycles. The van der Waals surface area contributed by atoms with Gasteiger partial charge in [-0.15, -0.1) is 0 Å². The zero-order chi connectivity index (χ0) is 8.81. The monoisotopic (exact) mass is 167 g/mol. The van der Waals surface area contributed by atoms with E-state index in [-0.39, 0.29) is 0 Å². The van der Waals surface area contributed by atoms with Gasteiger partial charge in [-0.3, -0.25) is 4.98 Å². The van der Waals surface area contributed by atoms with Crippen molar-refractivity contribution in [1.29, 1.82) is 0 Å². The second-order valence-electron chi connectivity index (χ2n) is 2.69. The molecular formula is C9H15N2O+. The Labute approximate surface area is 72.6 Å². The second kappa shape index (κ2) is 4.72. The molecule has 0 saturated carbocycles. The minimum Gasteiger partial charge on any atom is -0.492 e. The number of aryl methyl sites for hydroxylation is 1. The maximum atomic E-state index is 5.40. The SMILES string of the molecule is Cc1ccc(OCCC[NH3+])cn1. The molecule has 3 nitrogen and oxygen atoms in total. The lowest BCUT2D eigenvalue weighted by atomic mass is 10.4. The first-order chi connectivity index (χ1) is 5.83. The van der Waals surface area contributed by atoms with Crippen LogP contribution in [0.1, 0.15) is 12.1 Å². The molecule has 1 aromatic heterocycles. The Morgan fingerprint density at radius 3 is 2.92 bits per heavy atom. The van der Waals surface area contributed by atoms with Crippen molar-refractivity contribution in [3.8, 4) is 5.75 Å². The summed E-state index contributed by atoms with van der Waals surface area (Å²) in [6.45, 7) is 3.60. The first-order valence-corrected chi connectivity index (χ1v) is 4.17. The molecule has 0 aromatic carbocycles. The van der Waals surface area contributed by atoms with Crippen molar-refractivity contribution in [3.63, 3.8) is 0 Å². The van der Waals surface area contributed by atoms with Gasteiger partial charge in [-0.05, 0) is 19.1 Å². The summed E-state index contributed by atoms with van der Waals surface area (Å²) in [6.07, 6.45) is 2.74. The van der Waals surface area contributed by atoms with Crippen molar-refractivity contribution >= 4 is 0 Å². The van der Waals surface area contributed by atoms with Crippen molar-refractivity contribution < 1.29 is 10.5 Å². The van der Waals surface area contributed by atoms with Crippen LogP contribution in [0.3, 0.4) is 0 Å². The van der Waals surface area contributed by atoms with Crippen molar-refractivity contribution in [2.75, 3.05) is 13.2 Å². The molecule has 0 aliphatic heterocycles. The van der Waals surface area contributed by atoms with Gasteiger partial charge in [-0.25, -0.2) is 0 Å². The largest absolute Gasteiger partial charge is 0.492 e. The number of nitrogens with zero attached hydrogens (tertiary/aromatic N) is 1. The van der Waals surface area contributed by atoms with Gasteiger partial charge in [-0.1, -0.05) is 0 Å². The standard InChI is InChI=1S/C9H14N2O/c1-8-3-4-9(7-11-8)12-6-2-5-10/h3-4,7H,2,5-6,10H2,1H3/p+1. The molecule has 0 spiro atoms. The Bertz CT molecular complexity index is 220. The summed E-state index contributed by atoms with van der Waals surface area (Å²) in [5.74, 6) is 0.842. The number of quaternary nitrogens is 1. The first-order valence-electron chi connectivity index (χ1n) is 4.17. The molecule has 0 unspecified atom stereocenters. The number of pyridine rings is 1. The molecule has 0 radical (unpaired) electrons. The van der Waals surface area contributed by atoms with Crippen LogP contribution in [0.25, 0.3) is 0 Å². The van der Waals surface area contributed by atoms with Crippen molar-refractivity contribution in [2.24, 2.45) is 0 Å². The van der Waals surface area contributed by atoms with E-state index in [1.54, 1.807) is 6.20 Å². The van der Waals surface area contributed by atoms with Gasteiger partial charge in [0.25, 0.3) is 0 Å². The summed E-state index contributed by atoms with van der Waals surface area (Å²) in [4.78, 5) is 4.12. The van der Waals surface area contributed by atoms with Gasteiger partial charge in [-0.2, -0.15) is 0 Å². The van der Waals surface area contributed by atoms with Gasteiger partial charge < -0.3 is 10.5 Å². The Hall–Kier alpha value is -1.09. The molecule has 3 N–H and O–H groups in total. The smallest absolute Gasteiger partial charge is 0.137 e. The molecule has 0 aliphatic rings. The van der Waals surface area contributed by atoms with E-state index in [0.29, 0.717) is 0 Å². The van der Waals surface area contributed by atoms with Crippen LogP contribution >= 0.6 is 0 Å². The quantitative estimate of drug-likeness (QED) is 0.660. The molecule has 12 heavy (non-hydrogen) atoms. The number of hydrogen-bond acceptors (Lipinski definition) is 2. The van der Waals surface area contributed by atoms with E-state index in [1.165, 1.54) is 0 Å². The highest BCUT2D eigenvalue weighted by Crippen LogP contribution is 2.08. The maximum Gasteiger partial charge on any atom is 0.137 e. The highest BCUT2D eigenvalue weighted by molar-refractivity contribution is 5.18. The van der Waals surface area contributed by atoms with E-state index < -0.39 is 0 Å². The van der Waals surface area contributed by atoms with E-state index in [2.05, 4.69) is 10.7 Å². The average Bonchev–Trinajstić information content (AvgIpc) is 2.09. The fourth-order valence-electron chi connectivity index (χ4n) is 0.832. The van der Waals surface area contributed by atoms with Crippen LogP contribution in [-0.4, -0.2) is 18.1 Å². The fourth-order valence-corrected chi connectivity index (χ4v) is 0.832. The van der Waals surface area contributed by atoms with Crippen LogP contribution in [0.5, 0.6) is 5.75 Å². The number of ether oxygens (including phenoxy) is 1. The van der Waals surface area contributed by atoms with Crippen molar-refractivity contribution in [1.82, 2.24) is 4.98 Å². The van der Waals surface area contributed by atoms with Crippen LogP contribution in [-0.2, 0) is 0 Å². The average molecular weight is 167 g/mol. The third-order valence-electron chi connectivity index (χ3n) is 1.55. The van der Waals surface area contributed by atoms with Crippen LogP contribution in [0.4, 0.5) is 0 Å². The molecular weight excluding hydrogens is 152 g/mol. The Morgan fingerprint density at radius 1 is 1.50 bits per heavy atom. The molecule has 0 atom stereocenters. The summed E-state index contributed by atoms with van der Waals surface area (Å²) in [6, 6.07) is 3.88. The minimum absolute atomic E-state index is 0.730. The highest BCUT2D eigenvalue weighted by Gasteiger charge is 1.92. The lowest BCUT2D eigenvalue weighted by Crippen LogP contribution is -2.50. The molecule has 0 bridgehead atoms. The molecule has 1 rings (SSSR count). The molecule has 66 valence electrons. The number of hydrogen-bond donors (Lipinski definition) is 1. The van der Waals surface area contributed by atoms with Crippen LogP contribution in [0, 0.1) is 6.92 Å². The minimum atomic E-state index is 0.730. The van der Waals surface area contributed by atoms with E-state index in [1.807, 2.05) is 19.1 Å². The normalized spacial score (nSPS) is 9.83. The first kappa shape index (κ1) is 9.00. The summed E-state index contributed by atoms with van der Waals surface area (Å²) < 4.78 is 5.40. The molecule has 0 amide bonds. The summed E-state index contributed by atoms with van der Waals surface area (Å²) in [5.41, 5.74) is 4.75. The Kier molecular flexibility index (Phi) is 3.54. The van der Waals surface area contributed by atoms with Gasteiger partial charge in [0.05, 0.1) is 19.3 Å². The summed E-state index contributed by atoms with van der Waals surface area (Å²) in [5, 5.41) is 0. The van der Waals surface area contributed by atoms with Gasteiger partial charge in [0.1, 0.15) is 5.75 Å². The van der Waals surface area contributed by atoms with Gasteiger partial charge in [0.15, 0.2) is 0 Å². The molecule has 0 fully saturated rings. The van der Waals surface area contributed by atoms with E-state index in [9.17, 15) is 0 Å². The summed E-state index contributed by atoms with van der Waals surface area (Å²) in [7, 11) is 0. The predicted octanol–water partition coefficient (Wildman–Crippen LogP) is 0.401.